The predicted octanol–water partition coefficient (Wildman–Crippen LogP) is 4.70. The van der Waals surface area contributed by atoms with Gasteiger partial charge in [-0.1, -0.05) is 43.0 Å². The van der Waals surface area contributed by atoms with Crippen LogP contribution >= 0.6 is 23.2 Å². The molecule has 0 amide bonds. The molecule has 2 N–H and O–H groups in total. The summed E-state index contributed by atoms with van der Waals surface area (Å²) in [7, 11) is 0. The van der Waals surface area contributed by atoms with Gasteiger partial charge in [0.05, 0.1) is 15.6 Å². The number of ether oxygens (including phenoxy) is 1. The standard InChI is InChI=1S/C15H19Cl2NO2/c1-2-9-4-3-5-11(6-9)20-15(19)12-7-10(18)8-13(16)14(12)17/h7-9,11H,2-6,18H2,1H3. The molecule has 2 unspecified atom stereocenters. The molecule has 1 aromatic rings. The van der Waals surface area contributed by atoms with Crippen molar-refractivity contribution in [3.8, 4) is 0 Å². The van der Waals surface area contributed by atoms with Gasteiger partial charge in [0.2, 0.25) is 0 Å². The maximum Gasteiger partial charge on any atom is 0.340 e. The zero-order valence-corrected chi connectivity index (χ0v) is 13.0. The first kappa shape index (κ1) is 15.5. The first-order valence-electron chi connectivity index (χ1n) is 6.96. The van der Waals surface area contributed by atoms with E-state index in [-0.39, 0.29) is 21.7 Å². The first-order valence-corrected chi connectivity index (χ1v) is 7.72. The summed E-state index contributed by atoms with van der Waals surface area (Å²) in [6.45, 7) is 2.17. The Labute approximate surface area is 129 Å². The van der Waals surface area contributed by atoms with Crippen molar-refractivity contribution < 1.29 is 9.53 Å². The molecule has 1 aliphatic carbocycles. The molecule has 0 aromatic heterocycles. The molecular weight excluding hydrogens is 297 g/mol. The largest absolute Gasteiger partial charge is 0.459 e. The van der Waals surface area contributed by atoms with Gasteiger partial charge in [0, 0.05) is 5.69 Å². The highest BCUT2D eigenvalue weighted by Gasteiger charge is 2.25. The second-order valence-electron chi connectivity index (χ2n) is 5.33. The highest BCUT2D eigenvalue weighted by atomic mass is 35.5. The minimum Gasteiger partial charge on any atom is -0.459 e. The van der Waals surface area contributed by atoms with Crippen LogP contribution in [0.2, 0.25) is 10.0 Å². The average Bonchev–Trinajstić information content (AvgIpc) is 2.43. The van der Waals surface area contributed by atoms with Crippen LogP contribution in [0.5, 0.6) is 0 Å². The molecule has 2 rings (SSSR count). The summed E-state index contributed by atoms with van der Waals surface area (Å²) in [6.07, 6.45) is 5.25. The zero-order chi connectivity index (χ0) is 14.7. The van der Waals surface area contributed by atoms with Crippen LogP contribution in [-0.2, 0) is 4.74 Å². The minimum atomic E-state index is -0.439. The normalized spacial score (nSPS) is 22.6. The number of benzene rings is 1. The molecule has 1 aliphatic rings. The number of nitrogens with two attached hydrogens (primary N) is 1. The van der Waals surface area contributed by atoms with Crippen molar-refractivity contribution in [1.82, 2.24) is 0 Å². The monoisotopic (exact) mass is 315 g/mol. The Balaban J connectivity index is 2.08. The average molecular weight is 316 g/mol. The summed E-state index contributed by atoms with van der Waals surface area (Å²) in [5, 5.41) is 0.474. The molecule has 2 atom stereocenters. The van der Waals surface area contributed by atoms with Gasteiger partial charge >= 0.3 is 5.97 Å². The Bertz CT molecular complexity index is 505. The zero-order valence-electron chi connectivity index (χ0n) is 11.5. The van der Waals surface area contributed by atoms with Gasteiger partial charge in [0.25, 0.3) is 0 Å². The number of esters is 1. The summed E-state index contributed by atoms with van der Waals surface area (Å²) in [5.74, 6) is 0.201. The van der Waals surface area contributed by atoms with Crippen molar-refractivity contribution in [2.24, 2.45) is 5.92 Å². The highest BCUT2D eigenvalue weighted by Crippen LogP contribution is 2.32. The number of hydrogen-bond donors (Lipinski definition) is 1. The van der Waals surface area contributed by atoms with Crippen molar-refractivity contribution >= 4 is 34.9 Å². The number of hydrogen-bond acceptors (Lipinski definition) is 3. The Morgan fingerprint density at radius 2 is 2.15 bits per heavy atom. The third-order valence-corrected chi connectivity index (χ3v) is 4.66. The summed E-state index contributed by atoms with van der Waals surface area (Å²) in [4.78, 5) is 12.2. The van der Waals surface area contributed by atoms with Gasteiger partial charge in [0.1, 0.15) is 6.10 Å². The van der Waals surface area contributed by atoms with E-state index in [4.69, 9.17) is 33.7 Å². The van der Waals surface area contributed by atoms with E-state index in [2.05, 4.69) is 6.92 Å². The molecule has 3 nitrogen and oxygen atoms in total. The fourth-order valence-corrected chi connectivity index (χ4v) is 3.11. The van der Waals surface area contributed by atoms with Crippen LogP contribution in [0.4, 0.5) is 5.69 Å². The van der Waals surface area contributed by atoms with Crippen LogP contribution in [0, 0.1) is 5.92 Å². The number of anilines is 1. The number of rotatable bonds is 3. The molecule has 1 saturated carbocycles. The van der Waals surface area contributed by atoms with Gasteiger partial charge in [-0.2, -0.15) is 0 Å². The van der Waals surface area contributed by atoms with Crippen molar-refractivity contribution in [2.45, 2.75) is 45.1 Å². The van der Waals surface area contributed by atoms with Crippen LogP contribution < -0.4 is 5.73 Å². The highest BCUT2D eigenvalue weighted by molar-refractivity contribution is 6.44. The molecule has 0 spiro atoms. The number of halogens is 2. The van der Waals surface area contributed by atoms with Gasteiger partial charge in [-0.15, -0.1) is 0 Å². The van der Waals surface area contributed by atoms with Crippen molar-refractivity contribution in [2.75, 3.05) is 5.73 Å². The van der Waals surface area contributed by atoms with Crippen LogP contribution in [0.25, 0.3) is 0 Å². The summed E-state index contributed by atoms with van der Waals surface area (Å²) in [6, 6.07) is 3.03. The molecule has 5 heteroatoms. The van der Waals surface area contributed by atoms with Crippen molar-refractivity contribution in [3.05, 3.63) is 27.7 Å². The number of nitrogen functional groups attached to an aromatic ring is 1. The lowest BCUT2D eigenvalue weighted by molar-refractivity contribution is 0.0140. The summed E-state index contributed by atoms with van der Waals surface area (Å²) in [5.41, 5.74) is 6.34. The van der Waals surface area contributed by atoms with Gasteiger partial charge in [-0.25, -0.2) is 4.79 Å². The van der Waals surface area contributed by atoms with Crippen LogP contribution in [-0.4, -0.2) is 12.1 Å². The molecule has 0 aliphatic heterocycles. The second kappa shape index (κ2) is 6.68. The van der Waals surface area contributed by atoms with E-state index >= 15 is 0 Å². The molecular formula is C15H19Cl2NO2. The van der Waals surface area contributed by atoms with Crippen LogP contribution in [0.15, 0.2) is 12.1 Å². The number of carbonyl (C=O) groups is 1. The smallest absolute Gasteiger partial charge is 0.340 e. The fourth-order valence-electron chi connectivity index (χ4n) is 2.69. The van der Waals surface area contributed by atoms with Crippen LogP contribution in [0.3, 0.4) is 0 Å². The van der Waals surface area contributed by atoms with Gasteiger partial charge < -0.3 is 10.5 Å². The second-order valence-corrected chi connectivity index (χ2v) is 6.12. The molecule has 0 saturated heterocycles. The SMILES string of the molecule is CCC1CCCC(OC(=O)c2cc(N)cc(Cl)c2Cl)C1. The van der Waals surface area contributed by atoms with Gasteiger partial charge in [-0.05, 0) is 37.3 Å². The molecule has 20 heavy (non-hydrogen) atoms. The third kappa shape index (κ3) is 3.58. The molecule has 0 bridgehead atoms. The fraction of sp³-hybridized carbons (Fsp3) is 0.533. The van der Waals surface area contributed by atoms with E-state index < -0.39 is 5.97 Å². The topological polar surface area (TPSA) is 52.3 Å². The molecule has 0 heterocycles. The Morgan fingerprint density at radius 1 is 1.40 bits per heavy atom. The Morgan fingerprint density at radius 3 is 2.85 bits per heavy atom. The molecule has 1 fully saturated rings. The van der Waals surface area contributed by atoms with Crippen molar-refractivity contribution in [1.29, 1.82) is 0 Å². The maximum atomic E-state index is 12.2. The quantitative estimate of drug-likeness (QED) is 0.649. The molecule has 0 radical (unpaired) electrons. The van der Waals surface area contributed by atoms with Gasteiger partial charge in [0.15, 0.2) is 0 Å². The van der Waals surface area contributed by atoms with E-state index in [1.54, 1.807) is 0 Å². The Hall–Kier alpha value is -0.930. The van der Waals surface area contributed by atoms with Crippen molar-refractivity contribution in [3.63, 3.8) is 0 Å². The van der Waals surface area contributed by atoms with E-state index in [0.29, 0.717) is 11.6 Å². The van der Waals surface area contributed by atoms with Crippen LogP contribution in [0.1, 0.15) is 49.4 Å². The lowest BCUT2D eigenvalue weighted by atomic mass is 9.85. The Kier molecular flexibility index (Phi) is 5.17. The lowest BCUT2D eigenvalue weighted by Crippen LogP contribution is -2.25. The third-order valence-electron chi connectivity index (χ3n) is 3.86. The van der Waals surface area contributed by atoms with E-state index in [1.807, 2.05) is 0 Å². The summed E-state index contributed by atoms with van der Waals surface area (Å²) < 4.78 is 5.56. The maximum absolute atomic E-state index is 12.2. The minimum absolute atomic E-state index is 0.0301. The van der Waals surface area contributed by atoms with E-state index in [1.165, 1.54) is 18.6 Å². The number of carbonyl (C=O) groups excluding carboxylic acids is 1. The first-order chi connectivity index (χ1) is 9.51. The molecule has 110 valence electrons. The van der Waals surface area contributed by atoms with Gasteiger partial charge in [-0.3, -0.25) is 0 Å². The van der Waals surface area contributed by atoms with E-state index in [9.17, 15) is 4.79 Å². The summed E-state index contributed by atoms with van der Waals surface area (Å²) >= 11 is 12.0. The van der Waals surface area contributed by atoms with E-state index in [0.717, 1.165) is 25.7 Å². The molecule has 1 aromatic carbocycles. The predicted molar refractivity (Wildman–Crippen MR) is 82.3 cm³/mol. The lowest BCUT2D eigenvalue weighted by Gasteiger charge is -2.28.